The highest BCUT2D eigenvalue weighted by Gasteiger charge is 1.98. The fourth-order valence-electron chi connectivity index (χ4n) is 1.92. The van der Waals surface area contributed by atoms with Crippen LogP contribution in [0.4, 0.5) is 0 Å². The molecule has 3 heteroatoms. The van der Waals surface area contributed by atoms with E-state index in [2.05, 4.69) is 27.7 Å². The van der Waals surface area contributed by atoms with Crippen LogP contribution in [0.2, 0.25) is 18.1 Å². The zero-order valence-corrected chi connectivity index (χ0v) is 14.2. The van der Waals surface area contributed by atoms with E-state index in [4.69, 9.17) is 5.11 Å². The number of rotatable bonds is 10. The summed E-state index contributed by atoms with van der Waals surface area (Å²) in [5.74, 6) is -0.666. The molecule has 18 heavy (non-hydrogen) atoms. The zero-order valence-electron chi connectivity index (χ0n) is 13.0. The maximum absolute atomic E-state index is 10.1. The van der Waals surface area contributed by atoms with Gasteiger partial charge in [-0.2, -0.15) is 0 Å². The van der Waals surface area contributed by atoms with Gasteiger partial charge in [-0.25, -0.2) is 0 Å². The lowest BCUT2D eigenvalue weighted by Crippen LogP contribution is -2.04. The Labute approximate surface area is 116 Å². The Balaban J connectivity index is 0. The van der Waals surface area contributed by atoms with E-state index in [9.17, 15) is 4.79 Å². The summed E-state index contributed by atoms with van der Waals surface area (Å²) in [4.78, 5) is 10.1. The topological polar surface area (TPSA) is 37.3 Å². The predicted molar refractivity (Wildman–Crippen MR) is 84.2 cm³/mol. The summed E-state index contributed by atoms with van der Waals surface area (Å²) in [6.45, 7) is 9.15. The summed E-state index contributed by atoms with van der Waals surface area (Å²) >= 11 is 0. The van der Waals surface area contributed by atoms with E-state index in [1.807, 2.05) is 0 Å². The second-order valence-corrected chi connectivity index (χ2v) is 9.18. The average molecular weight is 275 g/mol. The number of aliphatic carboxylic acids is 1. The molecule has 0 aromatic heterocycles. The van der Waals surface area contributed by atoms with Crippen molar-refractivity contribution in [3.05, 3.63) is 0 Å². The second kappa shape index (κ2) is 16.7. The molecule has 2 nitrogen and oxygen atoms in total. The molecule has 0 saturated carbocycles. The van der Waals surface area contributed by atoms with E-state index >= 15 is 0 Å². The Kier molecular flexibility index (Phi) is 18.6. The number of carboxylic acids is 1. The van der Waals surface area contributed by atoms with Crippen LogP contribution in [-0.4, -0.2) is 19.9 Å². The van der Waals surface area contributed by atoms with Gasteiger partial charge in [0.15, 0.2) is 0 Å². The van der Waals surface area contributed by atoms with Crippen molar-refractivity contribution in [1.29, 1.82) is 0 Å². The van der Waals surface area contributed by atoms with Crippen molar-refractivity contribution >= 4 is 14.8 Å². The molecule has 0 rings (SSSR count). The Bertz CT molecular complexity index is 162. The van der Waals surface area contributed by atoms with Gasteiger partial charge in [0.05, 0.1) is 0 Å². The molecule has 0 aliphatic carbocycles. The summed E-state index contributed by atoms with van der Waals surface area (Å²) in [5.41, 5.74) is 0. The fraction of sp³-hybridized carbons (Fsp3) is 0.933. The molecule has 0 radical (unpaired) electrons. The quantitative estimate of drug-likeness (QED) is 0.445. The molecule has 0 bridgehead atoms. The molecular weight excluding hydrogens is 240 g/mol. The lowest BCUT2D eigenvalue weighted by molar-refractivity contribution is -0.137. The van der Waals surface area contributed by atoms with Crippen LogP contribution in [0, 0.1) is 0 Å². The first-order valence-corrected chi connectivity index (χ1v) is 10.3. The van der Waals surface area contributed by atoms with Crippen LogP contribution in [0.3, 0.4) is 0 Å². The van der Waals surface area contributed by atoms with Crippen molar-refractivity contribution < 1.29 is 9.90 Å². The normalized spacial score (nSPS) is 10.1. The largest absolute Gasteiger partial charge is 0.481 e. The maximum atomic E-state index is 10.1. The van der Waals surface area contributed by atoms with E-state index < -0.39 is 5.97 Å². The first-order chi connectivity index (χ1) is 8.62. The van der Waals surface area contributed by atoms with E-state index in [0.29, 0.717) is 6.42 Å². The third-order valence-corrected chi connectivity index (χ3v) is 6.94. The molecule has 0 unspecified atom stereocenters. The van der Waals surface area contributed by atoms with Crippen molar-refractivity contribution in [1.82, 2.24) is 0 Å². The van der Waals surface area contributed by atoms with Gasteiger partial charge in [0.2, 0.25) is 0 Å². The van der Waals surface area contributed by atoms with Crippen LogP contribution < -0.4 is 0 Å². The Morgan fingerprint density at radius 1 is 0.833 bits per heavy atom. The van der Waals surface area contributed by atoms with E-state index in [1.165, 1.54) is 43.8 Å². The molecular formula is C15H34O2Si. The number of carbonyl (C=O) groups is 1. The molecule has 0 heterocycles. The SMILES string of the molecule is CCCCCCCCC(=O)O.CC[SiH](CC)CC. The smallest absolute Gasteiger partial charge is 0.303 e. The molecule has 0 amide bonds. The van der Waals surface area contributed by atoms with Gasteiger partial charge in [0, 0.05) is 15.2 Å². The number of unbranched alkanes of at least 4 members (excludes halogenated alkanes) is 5. The monoisotopic (exact) mass is 274 g/mol. The molecule has 0 fully saturated rings. The van der Waals surface area contributed by atoms with E-state index in [0.717, 1.165) is 12.8 Å². The molecule has 110 valence electrons. The van der Waals surface area contributed by atoms with Gasteiger partial charge in [-0.15, -0.1) is 0 Å². The summed E-state index contributed by atoms with van der Waals surface area (Å²) in [6.07, 6.45) is 7.25. The molecule has 0 saturated heterocycles. The second-order valence-electron chi connectivity index (χ2n) is 5.00. The van der Waals surface area contributed by atoms with E-state index in [-0.39, 0.29) is 8.80 Å². The molecule has 0 atom stereocenters. The molecule has 1 N–H and O–H groups in total. The van der Waals surface area contributed by atoms with Crippen molar-refractivity contribution in [2.24, 2.45) is 0 Å². The molecule has 0 aliphatic heterocycles. The molecule has 0 aromatic rings. The third-order valence-electron chi connectivity index (χ3n) is 3.48. The van der Waals surface area contributed by atoms with Crippen LogP contribution in [0.15, 0.2) is 0 Å². The summed E-state index contributed by atoms with van der Waals surface area (Å²) < 4.78 is 0. The lowest BCUT2D eigenvalue weighted by Gasteiger charge is -2.03. The van der Waals surface area contributed by atoms with Crippen LogP contribution in [0.25, 0.3) is 0 Å². The zero-order chi connectivity index (χ0) is 14.2. The highest BCUT2D eigenvalue weighted by atomic mass is 28.3. The highest BCUT2D eigenvalue weighted by Crippen LogP contribution is 2.06. The van der Waals surface area contributed by atoms with Crippen LogP contribution in [0.1, 0.15) is 72.6 Å². The molecule has 0 aliphatic rings. The maximum Gasteiger partial charge on any atom is 0.303 e. The van der Waals surface area contributed by atoms with Crippen LogP contribution in [0.5, 0.6) is 0 Å². The van der Waals surface area contributed by atoms with Crippen LogP contribution >= 0.6 is 0 Å². The Morgan fingerprint density at radius 3 is 1.61 bits per heavy atom. The standard InChI is InChI=1S/C9H18O2.C6H16Si/c1-2-3-4-5-6-7-8-9(10)11;1-4-7(5-2)6-3/h2-8H2,1H3,(H,10,11);7H,4-6H2,1-3H3. The number of carboxylic acid groups (broad SMARTS) is 1. The van der Waals surface area contributed by atoms with E-state index in [1.54, 1.807) is 0 Å². The average Bonchev–Trinajstić information content (AvgIpc) is 2.36. The summed E-state index contributed by atoms with van der Waals surface area (Å²) in [5, 5.41) is 8.32. The van der Waals surface area contributed by atoms with Crippen LogP contribution in [-0.2, 0) is 4.79 Å². The van der Waals surface area contributed by atoms with Gasteiger partial charge >= 0.3 is 5.97 Å². The van der Waals surface area contributed by atoms with Gasteiger partial charge in [0.25, 0.3) is 0 Å². The van der Waals surface area contributed by atoms with Gasteiger partial charge in [-0.1, -0.05) is 77.9 Å². The number of hydrogen-bond acceptors (Lipinski definition) is 1. The van der Waals surface area contributed by atoms with Gasteiger partial charge < -0.3 is 5.11 Å². The highest BCUT2D eigenvalue weighted by molar-refractivity contribution is 6.58. The van der Waals surface area contributed by atoms with Crippen molar-refractivity contribution in [3.8, 4) is 0 Å². The van der Waals surface area contributed by atoms with Crippen molar-refractivity contribution in [3.63, 3.8) is 0 Å². The lowest BCUT2D eigenvalue weighted by atomic mass is 10.1. The minimum Gasteiger partial charge on any atom is -0.481 e. The summed E-state index contributed by atoms with van der Waals surface area (Å²) in [7, 11) is -0.171. The minimum atomic E-state index is -0.666. The number of hydrogen-bond donors (Lipinski definition) is 1. The van der Waals surface area contributed by atoms with Crippen molar-refractivity contribution in [2.75, 3.05) is 0 Å². The summed E-state index contributed by atoms with van der Waals surface area (Å²) in [6, 6.07) is 4.48. The first-order valence-electron chi connectivity index (χ1n) is 7.83. The predicted octanol–water partition coefficient (Wildman–Crippen LogP) is 5.09. The molecule has 0 spiro atoms. The minimum absolute atomic E-state index is 0.171. The third kappa shape index (κ3) is 18.1. The Morgan fingerprint density at radius 2 is 1.28 bits per heavy atom. The van der Waals surface area contributed by atoms with Gasteiger partial charge in [0.1, 0.15) is 0 Å². The first kappa shape index (κ1) is 20.0. The van der Waals surface area contributed by atoms with Gasteiger partial charge in [-0.3, -0.25) is 4.79 Å². The Hall–Kier alpha value is -0.313. The van der Waals surface area contributed by atoms with Gasteiger partial charge in [-0.05, 0) is 6.42 Å². The van der Waals surface area contributed by atoms with Crippen molar-refractivity contribution in [2.45, 2.75) is 90.8 Å². The molecule has 0 aromatic carbocycles. The fourth-order valence-corrected chi connectivity index (χ4v) is 3.65.